The van der Waals surface area contributed by atoms with Crippen LogP contribution in [0.4, 0.5) is 4.39 Å². The lowest BCUT2D eigenvalue weighted by molar-refractivity contribution is 0.222. The number of nitrogens with zero attached hydrogens (tertiary/aromatic N) is 1. The van der Waals surface area contributed by atoms with Gasteiger partial charge in [-0.05, 0) is 55.8 Å². The van der Waals surface area contributed by atoms with Gasteiger partial charge < -0.3 is 9.40 Å². The number of halogens is 1. The van der Waals surface area contributed by atoms with Crippen LogP contribution in [0.2, 0.25) is 0 Å². The molecule has 1 aromatic carbocycles. The van der Waals surface area contributed by atoms with E-state index in [0.717, 1.165) is 11.1 Å². The van der Waals surface area contributed by atoms with Crippen molar-refractivity contribution in [2.45, 2.75) is 19.5 Å². The molecule has 1 N–H and O–H groups in total. The van der Waals surface area contributed by atoms with E-state index in [1.807, 2.05) is 31.0 Å². The summed E-state index contributed by atoms with van der Waals surface area (Å²) in [5.74, 6) is 0.487. The van der Waals surface area contributed by atoms with Crippen LogP contribution < -0.4 is 5.56 Å². The molecule has 2 aromatic heterocycles. The van der Waals surface area contributed by atoms with Gasteiger partial charge in [0.25, 0.3) is 5.56 Å². The predicted molar refractivity (Wildman–Crippen MR) is 83.1 cm³/mol. The third-order valence-electron chi connectivity index (χ3n) is 3.92. The SMILES string of the molecule is CC(c1ccco1)N(C)Cc1cc2ccc(F)cc2[nH]c1=O. The number of hydrogen-bond acceptors (Lipinski definition) is 3. The highest BCUT2D eigenvalue weighted by atomic mass is 19.1. The lowest BCUT2D eigenvalue weighted by atomic mass is 10.1. The van der Waals surface area contributed by atoms with Gasteiger partial charge in [-0.3, -0.25) is 9.69 Å². The van der Waals surface area contributed by atoms with Crippen molar-refractivity contribution in [2.24, 2.45) is 0 Å². The maximum Gasteiger partial charge on any atom is 0.252 e. The summed E-state index contributed by atoms with van der Waals surface area (Å²) in [6.07, 6.45) is 1.64. The smallest absolute Gasteiger partial charge is 0.252 e. The molecule has 4 nitrogen and oxygen atoms in total. The monoisotopic (exact) mass is 300 g/mol. The van der Waals surface area contributed by atoms with Crippen molar-refractivity contribution in [3.8, 4) is 0 Å². The second kappa shape index (κ2) is 5.77. The Bertz CT molecular complexity index is 839. The van der Waals surface area contributed by atoms with Crippen molar-refractivity contribution in [1.29, 1.82) is 0 Å². The van der Waals surface area contributed by atoms with Gasteiger partial charge in [-0.1, -0.05) is 0 Å². The first-order valence-electron chi connectivity index (χ1n) is 7.09. The topological polar surface area (TPSA) is 49.2 Å². The molecule has 0 amide bonds. The molecule has 114 valence electrons. The molecule has 0 aliphatic rings. The molecule has 1 atom stereocenters. The fourth-order valence-electron chi connectivity index (χ4n) is 2.49. The second-order valence-corrected chi connectivity index (χ2v) is 5.46. The summed E-state index contributed by atoms with van der Waals surface area (Å²) in [6, 6.07) is 10.00. The summed E-state index contributed by atoms with van der Waals surface area (Å²) in [4.78, 5) is 16.9. The molecule has 2 heterocycles. The van der Waals surface area contributed by atoms with Gasteiger partial charge in [0.2, 0.25) is 0 Å². The minimum atomic E-state index is -0.362. The summed E-state index contributed by atoms with van der Waals surface area (Å²) in [5, 5.41) is 0.815. The van der Waals surface area contributed by atoms with Gasteiger partial charge in [0.1, 0.15) is 11.6 Å². The number of aromatic amines is 1. The van der Waals surface area contributed by atoms with Crippen molar-refractivity contribution >= 4 is 10.9 Å². The Labute approximate surface area is 127 Å². The first-order chi connectivity index (χ1) is 10.5. The van der Waals surface area contributed by atoms with E-state index in [1.54, 1.807) is 18.4 Å². The molecule has 3 aromatic rings. The number of nitrogens with one attached hydrogen (secondary N) is 1. The number of hydrogen-bond donors (Lipinski definition) is 1. The van der Waals surface area contributed by atoms with E-state index in [0.29, 0.717) is 17.6 Å². The number of H-pyrrole nitrogens is 1. The molecule has 0 aliphatic heterocycles. The highest BCUT2D eigenvalue weighted by molar-refractivity contribution is 5.78. The molecule has 5 heteroatoms. The molecule has 1 unspecified atom stereocenters. The van der Waals surface area contributed by atoms with Crippen LogP contribution in [0.15, 0.2) is 51.9 Å². The Hall–Kier alpha value is -2.40. The summed E-state index contributed by atoms with van der Waals surface area (Å²) in [5.41, 5.74) is 0.951. The van der Waals surface area contributed by atoms with E-state index in [1.165, 1.54) is 12.1 Å². The number of rotatable bonds is 4. The Morgan fingerprint density at radius 2 is 2.14 bits per heavy atom. The first kappa shape index (κ1) is 14.5. The third kappa shape index (κ3) is 2.80. The highest BCUT2D eigenvalue weighted by Gasteiger charge is 2.16. The van der Waals surface area contributed by atoms with Gasteiger partial charge in [0, 0.05) is 12.1 Å². The molecule has 0 saturated heterocycles. The minimum Gasteiger partial charge on any atom is -0.468 e. The highest BCUT2D eigenvalue weighted by Crippen LogP contribution is 2.21. The normalized spacial score (nSPS) is 12.9. The van der Waals surface area contributed by atoms with E-state index in [9.17, 15) is 9.18 Å². The second-order valence-electron chi connectivity index (χ2n) is 5.46. The number of fused-ring (bicyclic) bond motifs is 1. The zero-order chi connectivity index (χ0) is 15.7. The molecule has 0 saturated carbocycles. The minimum absolute atomic E-state index is 0.0540. The van der Waals surface area contributed by atoms with Crippen LogP contribution in [-0.4, -0.2) is 16.9 Å². The largest absolute Gasteiger partial charge is 0.468 e. The number of aromatic nitrogens is 1. The summed E-state index contributed by atoms with van der Waals surface area (Å²) in [6.45, 7) is 2.49. The lowest BCUT2D eigenvalue weighted by Crippen LogP contribution is -2.25. The van der Waals surface area contributed by atoms with E-state index < -0.39 is 0 Å². The fourth-order valence-corrected chi connectivity index (χ4v) is 2.49. The van der Waals surface area contributed by atoms with Crippen LogP contribution in [0.25, 0.3) is 10.9 Å². The van der Waals surface area contributed by atoms with Crippen LogP contribution in [0.3, 0.4) is 0 Å². The third-order valence-corrected chi connectivity index (χ3v) is 3.92. The van der Waals surface area contributed by atoms with Crippen LogP contribution in [-0.2, 0) is 6.54 Å². The first-order valence-corrected chi connectivity index (χ1v) is 7.09. The zero-order valence-corrected chi connectivity index (χ0v) is 12.5. The standard InChI is InChI=1S/C17H17FN2O2/c1-11(16-4-3-7-22-16)20(2)10-13-8-12-5-6-14(18)9-15(12)19-17(13)21/h3-9,11H,10H2,1-2H3,(H,19,21). The van der Waals surface area contributed by atoms with Gasteiger partial charge in [0.05, 0.1) is 17.8 Å². The average Bonchev–Trinajstić information content (AvgIpc) is 3.01. The summed E-state index contributed by atoms with van der Waals surface area (Å²) in [7, 11) is 1.93. The molecule has 0 fully saturated rings. The van der Waals surface area contributed by atoms with Crippen molar-refractivity contribution in [3.63, 3.8) is 0 Å². The average molecular weight is 300 g/mol. The molecular weight excluding hydrogens is 283 g/mol. The summed E-state index contributed by atoms with van der Waals surface area (Å²) < 4.78 is 18.6. The van der Waals surface area contributed by atoms with E-state index in [2.05, 4.69) is 4.98 Å². The maximum absolute atomic E-state index is 13.2. The van der Waals surface area contributed by atoms with Crippen LogP contribution in [0.5, 0.6) is 0 Å². The molecule has 0 bridgehead atoms. The van der Waals surface area contributed by atoms with Crippen LogP contribution in [0.1, 0.15) is 24.3 Å². The predicted octanol–water partition coefficient (Wildman–Crippen LogP) is 3.45. The Morgan fingerprint density at radius 1 is 1.32 bits per heavy atom. The van der Waals surface area contributed by atoms with Gasteiger partial charge in [0.15, 0.2) is 0 Å². The molecule has 3 rings (SSSR count). The van der Waals surface area contributed by atoms with Gasteiger partial charge in [-0.2, -0.15) is 0 Å². The molecule has 0 radical (unpaired) electrons. The Kier molecular flexibility index (Phi) is 3.81. The van der Waals surface area contributed by atoms with Crippen LogP contribution in [0, 0.1) is 5.82 Å². The Morgan fingerprint density at radius 3 is 2.86 bits per heavy atom. The molecule has 0 aliphatic carbocycles. The van der Waals surface area contributed by atoms with Crippen LogP contribution >= 0.6 is 0 Å². The van der Waals surface area contributed by atoms with Crippen molar-refractivity contribution in [3.05, 3.63) is 70.2 Å². The van der Waals surface area contributed by atoms with E-state index >= 15 is 0 Å². The zero-order valence-electron chi connectivity index (χ0n) is 12.5. The number of furan rings is 1. The van der Waals surface area contributed by atoms with Gasteiger partial charge in [-0.25, -0.2) is 4.39 Å². The van der Waals surface area contributed by atoms with Gasteiger partial charge >= 0.3 is 0 Å². The molecule has 22 heavy (non-hydrogen) atoms. The molecule has 0 spiro atoms. The van der Waals surface area contributed by atoms with Crippen molar-refractivity contribution in [2.75, 3.05) is 7.05 Å². The van der Waals surface area contributed by atoms with E-state index in [4.69, 9.17) is 4.42 Å². The van der Waals surface area contributed by atoms with Gasteiger partial charge in [-0.15, -0.1) is 0 Å². The summed E-state index contributed by atoms with van der Waals surface area (Å²) >= 11 is 0. The van der Waals surface area contributed by atoms with E-state index in [-0.39, 0.29) is 17.4 Å². The fraction of sp³-hybridized carbons (Fsp3) is 0.235. The number of pyridine rings is 1. The Balaban J connectivity index is 1.88. The van der Waals surface area contributed by atoms with Crippen molar-refractivity contribution in [1.82, 2.24) is 9.88 Å². The molecular formula is C17H17FN2O2. The quantitative estimate of drug-likeness (QED) is 0.803. The maximum atomic E-state index is 13.2. The lowest BCUT2D eigenvalue weighted by Gasteiger charge is -2.22. The van der Waals surface area contributed by atoms with Crippen molar-refractivity contribution < 1.29 is 8.81 Å². The number of benzene rings is 1.